The average Bonchev–Trinajstić information content (AvgIpc) is 2.33. The largest absolute Gasteiger partial charge is 0.0988 e. The Morgan fingerprint density at radius 2 is 1.06 bits per heavy atom. The van der Waals surface area contributed by atoms with Crippen molar-refractivity contribution < 1.29 is 0 Å². The fourth-order valence-corrected chi connectivity index (χ4v) is 0.958. The van der Waals surface area contributed by atoms with Gasteiger partial charge in [-0.15, -0.1) is 0 Å². The maximum atomic E-state index is 3.70. The molecule has 0 bridgehead atoms. The van der Waals surface area contributed by atoms with Gasteiger partial charge in [0.05, 0.1) is 0 Å². The minimum atomic E-state index is 1.16. The molecule has 0 heterocycles. The van der Waals surface area contributed by atoms with E-state index in [1.807, 2.05) is 56.4 Å². The van der Waals surface area contributed by atoms with Crippen molar-refractivity contribution in [3.63, 3.8) is 0 Å². The molecule has 17 heavy (non-hydrogen) atoms. The van der Waals surface area contributed by atoms with Crippen LogP contribution in [0.3, 0.4) is 0 Å². The molecule has 0 radical (unpaired) electrons. The molecule has 0 aromatic carbocycles. The second kappa shape index (κ2) is 9.41. The van der Waals surface area contributed by atoms with Crippen LogP contribution < -0.4 is 0 Å². The van der Waals surface area contributed by atoms with Crippen LogP contribution in [0.15, 0.2) is 84.6 Å². The summed E-state index contributed by atoms with van der Waals surface area (Å²) in [4.78, 5) is 0. The summed E-state index contributed by atoms with van der Waals surface area (Å²) in [6, 6.07) is 0. The highest BCUT2D eigenvalue weighted by Gasteiger charge is 1.78. The first kappa shape index (κ1) is 15.2. The third kappa shape index (κ3) is 9.13. The van der Waals surface area contributed by atoms with Crippen LogP contribution in [0, 0.1) is 0 Å². The summed E-state index contributed by atoms with van der Waals surface area (Å²) < 4.78 is 0. The van der Waals surface area contributed by atoms with E-state index in [-0.39, 0.29) is 0 Å². The molecule has 0 N–H and O–H groups in total. The van der Waals surface area contributed by atoms with Crippen molar-refractivity contribution in [2.24, 2.45) is 0 Å². The molecule has 0 aliphatic carbocycles. The van der Waals surface area contributed by atoms with Gasteiger partial charge >= 0.3 is 0 Å². The lowest BCUT2D eigenvalue weighted by atomic mass is 10.2. The molecular weight excluding hydrogens is 204 g/mol. The van der Waals surface area contributed by atoms with E-state index >= 15 is 0 Å². The van der Waals surface area contributed by atoms with Gasteiger partial charge in [0, 0.05) is 0 Å². The molecule has 90 valence electrons. The van der Waals surface area contributed by atoms with Crippen molar-refractivity contribution in [2.75, 3.05) is 0 Å². The molecule has 0 spiro atoms. The van der Waals surface area contributed by atoms with Crippen LogP contribution in [-0.2, 0) is 0 Å². The summed E-state index contributed by atoms with van der Waals surface area (Å²) in [6.45, 7) is 13.5. The van der Waals surface area contributed by atoms with Gasteiger partial charge in [-0.3, -0.25) is 0 Å². The fraction of sp³-hybridized carbons (Fsp3) is 0.176. The number of allylic oxidation sites excluding steroid dienone is 12. The summed E-state index contributed by atoms with van der Waals surface area (Å²) in [7, 11) is 0. The van der Waals surface area contributed by atoms with E-state index in [1.165, 1.54) is 5.57 Å². The van der Waals surface area contributed by atoms with Crippen molar-refractivity contribution in [3.05, 3.63) is 84.6 Å². The maximum Gasteiger partial charge on any atom is -0.0398 e. The van der Waals surface area contributed by atoms with E-state index in [9.17, 15) is 0 Å². The predicted molar refractivity (Wildman–Crippen MR) is 79.9 cm³/mol. The second-order valence-electron chi connectivity index (χ2n) is 3.88. The standard InChI is InChI=1S/C17H22/c1-6-15(3)11-8-9-12-17(5)14-10-13-16(4)7-2/h6-14H,1-2H2,3-5H3/b9-8+,14-10+,15-11+,16-13+,17-12+. The van der Waals surface area contributed by atoms with E-state index < -0.39 is 0 Å². The monoisotopic (exact) mass is 226 g/mol. The van der Waals surface area contributed by atoms with Gasteiger partial charge in [0.15, 0.2) is 0 Å². The Bertz CT molecular complexity index is 396. The van der Waals surface area contributed by atoms with Gasteiger partial charge in [-0.2, -0.15) is 0 Å². The first-order valence-corrected chi connectivity index (χ1v) is 5.72. The lowest BCUT2D eigenvalue weighted by molar-refractivity contribution is 1.49. The van der Waals surface area contributed by atoms with Gasteiger partial charge in [-0.1, -0.05) is 84.6 Å². The molecule has 0 aliphatic rings. The zero-order valence-electron chi connectivity index (χ0n) is 11.1. The minimum Gasteiger partial charge on any atom is -0.0988 e. The van der Waals surface area contributed by atoms with Crippen molar-refractivity contribution in [1.82, 2.24) is 0 Å². The van der Waals surface area contributed by atoms with Gasteiger partial charge in [0.1, 0.15) is 0 Å². The average molecular weight is 226 g/mol. The molecule has 0 atom stereocenters. The smallest absolute Gasteiger partial charge is 0.0398 e. The van der Waals surface area contributed by atoms with E-state index in [1.54, 1.807) is 0 Å². The molecule has 0 aromatic rings. The zero-order valence-corrected chi connectivity index (χ0v) is 11.1. The number of rotatable bonds is 6. The normalized spacial score (nSPS) is 14.6. The summed E-state index contributed by atoms with van der Waals surface area (Å²) in [5.74, 6) is 0. The van der Waals surface area contributed by atoms with Crippen LogP contribution in [0.4, 0.5) is 0 Å². The second-order valence-corrected chi connectivity index (χ2v) is 3.88. The Hall–Kier alpha value is -1.82. The topological polar surface area (TPSA) is 0 Å². The summed E-state index contributed by atoms with van der Waals surface area (Å²) in [5.41, 5.74) is 3.53. The third-order valence-electron chi connectivity index (χ3n) is 2.19. The molecule has 0 aromatic heterocycles. The maximum absolute atomic E-state index is 3.70. The lowest BCUT2D eigenvalue weighted by Crippen LogP contribution is -1.67. The Labute approximate surface area is 106 Å². The molecule has 0 heteroatoms. The van der Waals surface area contributed by atoms with Crippen molar-refractivity contribution in [3.8, 4) is 0 Å². The molecule has 0 rings (SSSR count). The Kier molecular flexibility index (Phi) is 8.40. The van der Waals surface area contributed by atoms with Gasteiger partial charge in [-0.05, 0) is 20.8 Å². The van der Waals surface area contributed by atoms with E-state index in [0.29, 0.717) is 0 Å². The van der Waals surface area contributed by atoms with Crippen LogP contribution in [0.2, 0.25) is 0 Å². The van der Waals surface area contributed by atoms with E-state index in [4.69, 9.17) is 0 Å². The molecule has 0 fully saturated rings. The third-order valence-corrected chi connectivity index (χ3v) is 2.19. The first-order chi connectivity index (χ1) is 8.10. The highest BCUT2D eigenvalue weighted by molar-refractivity contribution is 5.29. The molecule has 0 aliphatic heterocycles. The first-order valence-electron chi connectivity index (χ1n) is 5.72. The number of hydrogen-bond donors (Lipinski definition) is 0. The van der Waals surface area contributed by atoms with Gasteiger partial charge in [0.2, 0.25) is 0 Å². The molecule has 0 nitrogen and oxygen atoms in total. The lowest BCUT2D eigenvalue weighted by Gasteiger charge is -1.88. The van der Waals surface area contributed by atoms with Crippen LogP contribution >= 0.6 is 0 Å². The SMILES string of the molecule is C=C/C(C)=C/C=C/C=C(C)/C=C/C=C(\C)C=C. The fourth-order valence-electron chi connectivity index (χ4n) is 0.958. The quantitative estimate of drug-likeness (QED) is 0.538. The summed E-state index contributed by atoms with van der Waals surface area (Å²) in [5, 5.41) is 0. The van der Waals surface area contributed by atoms with Crippen molar-refractivity contribution in [2.45, 2.75) is 20.8 Å². The predicted octanol–water partition coefficient (Wildman–Crippen LogP) is 5.31. The van der Waals surface area contributed by atoms with Crippen LogP contribution in [0.5, 0.6) is 0 Å². The highest BCUT2D eigenvalue weighted by atomic mass is 13.9. The Morgan fingerprint density at radius 3 is 1.53 bits per heavy atom. The zero-order chi connectivity index (χ0) is 13.1. The van der Waals surface area contributed by atoms with Gasteiger partial charge in [0.25, 0.3) is 0 Å². The number of hydrogen-bond acceptors (Lipinski definition) is 0. The summed E-state index contributed by atoms with van der Waals surface area (Å²) in [6.07, 6.45) is 18.0. The Balaban J connectivity index is 4.37. The minimum absolute atomic E-state index is 1.16. The summed E-state index contributed by atoms with van der Waals surface area (Å²) >= 11 is 0. The molecule has 0 unspecified atom stereocenters. The Morgan fingerprint density at radius 1 is 0.647 bits per heavy atom. The molecule has 0 saturated carbocycles. The van der Waals surface area contributed by atoms with Gasteiger partial charge < -0.3 is 0 Å². The molecular formula is C17H22. The molecule has 0 saturated heterocycles. The highest BCUT2D eigenvalue weighted by Crippen LogP contribution is 1.99. The van der Waals surface area contributed by atoms with Gasteiger partial charge in [-0.25, -0.2) is 0 Å². The van der Waals surface area contributed by atoms with E-state index in [2.05, 4.69) is 32.2 Å². The molecule has 0 amide bonds. The van der Waals surface area contributed by atoms with Crippen LogP contribution in [0.1, 0.15) is 20.8 Å². The van der Waals surface area contributed by atoms with Crippen LogP contribution in [-0.4, -0.2) is 0 Å². The van der Waals surface area contributed by atoms with Crippen LogP contribution in [0.25, 0.3) is 0 Å². The van der Waals surface area contributed by atoms with E-state index in [0.717, 1.165) is 11.1 Å². The van der Waals surface area contributed by atoms with Crippen molar-refractivity contribution in [1.29, 1.82) is 0 Å². The van der Waals surface area contributed by atoms with Crippen molar-refractivity contribution >= 4 is 0 Å².